The number of nitrogens with zero attached hydrogens (tertiary/aromatic N) is 5. The quantitative estimate of drug-likeness (QED) is 0.522. The molecular weight excluding hydrogens is 478 g/mol. The molecule has 0 saturated carbocycles. The number of hydrogen-bond donors (Lipinski definition) is 2. The summed E-state index contributed by atoms with van der Waals surface area (Å²) in [6, 6.07) is 1.00. The number of nitrogens with two attached hydrogens (primary N) is 1. The Morgan fingerprint density at radius 3 is 2.60 bits per heavy atom. The maximum atomic E-state index is 14.4. The number of amides is 2. The summed E-state index contributed by atoms with van der Waals surface area (Å²) in [7, 11) is 2.39. The lowest BCUT2D eigenvalue weighted by Crippen LogP contribution is -2.42. The standard InChI is InChI=1S/C20H19F4N7O4/c1-34-18-10(17(32)29-13-7-30(6-12(13)21)19(33)35-2)3-9(5-26-18)14-4-11(20(22,23)24)15-16(25)27-8-28-31(14)15/h3-5,8,12-13H,6-7H2,1-2H3,(H,29,32)(H2,25,27,28)/t12-,13+/m0/s1. The molecule has 3 aromatic heterocycles. The second kappa shape index (κ2) is 8.88. The van der Waals surface area contributed by atoms with E-state index < -0.39 is 41.5 Å². The van der Waals surface area contributed by atoms with Gasteiger partial charge in [0.1, 0.15) is 23.6 Å². The minimum Gasteiger partial charge on any atom is -0.480 e. The van der Waals surface area contributed by atoms with E-state index in [1.807, 2.05) is 0 Å². The van der Waals surface area contributed by atoms with Crippen molar-refractivity contribution in [2.45, 2.75) is 18.4 Å². The van der Waals surface area contributed by atoms with Crippen LogP contribution in [-0.4, -0.2) is 76.0 Å². The predicted molar refractivity (Wildman–Crippen MR) is 112 cm³/mol. The molecule has 0 radical (unpaired) electrons. The molecule has 15 heteroatoms. The number of carbonyl (C=O) groups excluding carboxylic acids is 2. The fourth-order valence-corrected chi connectivity index (χ4v) is 3.83. The highest BCUT2D eigenvalue weighted by Gasteiger charge is 2.38. The third-order valence-electron chi connectivity index (χ3n) is 5.47. The smallest absolute Gasteiger partial charge is 0.418 e. The molecule has 2 amide bonds. The number of rotatable bonds is 4. The number of likely N-dealkylation sites (tertiary alicyclic amines) is 1. The molecule has 3 N–H and O–H groups in total. The number of fused-ring (bicyclic) bond motifs is 1. The third kappa shape index (κ3) is 4.36. The van der Waals surface area contributed by atoms with E-state index in [1.165, 1.54) is 19.4 Å². The second-order valence-electron chi connectivity index (χ2n) is 7.60. The van der Waals surface area contributed by atoms with Crippen molar-refractivity contribution in [1.29, 1.82) is 0 Å². The highest BCUT2D eigenvalue weighted by atomic mass is 19.4. The normalized spacial score (nSPS) is 18.1. The maximum Gasteiger partial charge on any atom is 0.418 e. The first-order chi connectivity index (χ1) is 16.5. The van der Waals surface area contributed by atoms with Gasteiger partial charge >= 0.3 is 12.3 Å². The van der Waals surface area contributed by atoms with Crippen LogP contribution in [0.1, 0.15) is 15.9 Å². The first-order valence-electron chi connectivity index (χ1n) is 10.1. The van der Waals surface area contributed by atoms with Gasteiger partial charge in [-0.1, -0.05) is 0 Å². The number of pyridine rings is 1. The van der Waals surface area contributed by atoms with Gasteiger partial charge in [-0.3, -0.25) is 4.79 Å². The number of methoxy groups -OCH3 is 2. The number of alkyl halides is 4. The molecule has 3 aromatic rings. The Morgan fingerprint density at radius 2 is 1.94 bits per heavy atom. The largest absolute Gasteiger partial charge is 0.480 e. The minimum atomic E-state index is -4.76. The minimum absolute atomic E-state index is 0.0632. The summed E-state index contributed by atoms with van der Waals surface area (Å²) in [4.78, 5) is 33.4. The fourth-order valence-electron chi connectivity index (χ4n) is 3.83. The van der Waals surface area contributed by atoms with Crippen molar-refractivity contribution in [1.82, 2.24) is 29.8 Å². The fraction of sp³-hybridized carbons (Fsp3) is 0.350. The van der Waals surface area contributed by atoms with Crippen LogP contribution in [0.5, 0.6) is 5.88 Å². The van der Waals surface area contributed by atoms with E-state index in [9.17, 15) is 27.2 Å². The lowest BCUT2D eigenvalue weighted by molar-refractivity contribution is -0.136. The van der Waals surface area contributed by atoms with Gasteiger partial charge in [0.15, 0.2) is 5.82 Å². The van der Waals surface area contributed by atoms with Crippen LogP contribution in [0.2, 0.25) is 0 Å². The molecule has 0 aromatic carbocycles. The molecule has 0 unspecified atom stereocenters. The van der Waals surface area contributed by atoms with Crippen LogP contribution in [0.15, 0.2) is 24.7 Å². The van der Waals surface area contributed by atoms with Crippen molar-refractivity contribution in [3.05, 3.63) is 35.8 Å². The Labute approximate surface area is 194 Å². The summed E-state index contributed by atoms with van der Waals surface area (Å²) in [5.41, 5.74) is 4.00. The number of nitrogen functional groups attached to an aromatic ring is 1. The van der Waals surface area contributed by atoms with Crippen LogP contribution < -0.4 is 15.8 Å². The van der Waals surface area contributed by atoms with Gasteiger partial charge in [-0.05, 0) is 12.1 Å². The molecule has 1 aliphatic heterocycles. The van der Waals surface area contributed by atoms with E-state index in [1.54, 1.807) is 0 Å². The molecule has 11 nitrogen and oxygen atoms in total. The molecule has 1 aliphatic rings. The molecule has 4 rings (SSSR count). The van der Waals surface area contributed by atoms with Gasteiger partial charge in [0, 0.05) is 18.3 Å². The molecule has 2 atom stereocenters. The van der Waals surface area contributed by atoms with E-state index in [2.05, 4.69) is 25.1 Å². The second-order valence-corrected chi connectivity index (χ2v) is 7.60. The lowest BCUT2D eigenvalue weighted by atomic mass is 10.1. The monoisotopic (exact) mass is 497 g/mol. The molecule has 35 heavy (non-hydrogen) atoms. The number of ether oxygens (including phenoxy) is 2. The summed E-state index contributed by atoms with van der Waals surface area (Å²) in [6.45, 7) is -0.409. The first kappa shape index (κ1) is 24.0. The zero-order valence-corrected chi connectivity index (χ0v) is 18.3. The van der Waals surface area contributed by atoms with Crippen LogP contribution in [-0.2, 0) is 10.9 Å². The van der Waals surface area contributed by atoms with Crippen molar-refractivity contribution in [2.24, 2.45) is 0 Å². The Balaban J connectivity index is 1.72. The van der Waals surface area contributed by atoms with Gasteiger partial charge < -0.3 is 25.4 Å². The summed E-state index contributed by atoms with van der Waals surface area (Å²) >= 11 is 0. The highest BCUT2D eigenvalue weighted by Crippen LogP contribution is 2.39. The Hall–Kier alpha value is -4.17. The lowest BCUT2D eigenvalue weighted by Gasteiger charge is -2.16. The van der Waals surface area contributed by atoms with Crippen molar-refractivity contribution in [3.8, 4) is 17.1 Å². The highest BCUT2D eigenvalue weighted by molar-refractivity contribution is 5.98. The van der Waals surface area contributed by atoms with E-state index in [0.717, 1.165) is 28.9 Å². The summed E-state index contributed by atoms with van der Waals surface area (Å²) < 4.78 is 65.9. The van der Waals surface area contributed by atoms with Crippen molar-refractivity contribution >= 4 is 23.3 Å². The molecule has 4 heterocycles. The van der Waals surface area contributed by atoms with Gasteiger partial charge in [-0.2, -0.15) is 18.3 Å². The average Bonchev–Trinajstić information content (AvgIpc) is 3.40. The molecule has 0 aliphatic carbocycles. The number of aromatic nitrogens is 4. The van der Waals surface area contributed by atoms with Crippen molar-refractivity contribution in [3.63, 3.8) is 0 Å². The van der Waals surface area contributed by atoms with Crippen LogP contribution in [0.3, 0.4) is 0 Å². The number of hydrogen-bond acceptors (Lipinski definition) is 8. The summed E-state index contributed by atoms with van der Waals surface area (Å²) in [5.74, 6) is -1.33. The molecule has 0 spiro atoms. The average molecular weight is 497 g/mol. The third-order valence-corrected chi connectivity index (χ3v) is 5.47. The predicted octanol–water partition coefficient (Wildman–Crippen LogP) is 1.92. The number of anilines is 1. The summed E-state index contributed by atoms with van der Waals surface area (Å²) in [5, 5.41) is 6.33. The van der Waals surface area contributed by atoms with E-state index in [4.69, 9.17) is 10.5 Å². The topological polar surface area (TPSA) is 137 Å². The molecular formula is C20H19F4N7O4. The van der Waals surface area contributed by atoms with E-state index in [-0.39, 0.29) is 41.6 Å². The first-order valence-corrected chi connectivity index (χ1v) is 10.1. The van der Waals surface area contributed by atoms with E-state index in [0.29, 0.717) is 0 Å². The Bertz CT molecular complexity index is 1300. The molecule has 1 saturated heterocycles. The van der Waals surface area contributed by atoms with Crippen LogP contribution in [0.25, 0.3) is 16.8 Å². The van der Waals surface area contributed by atoms with Crippen LogP contribution in [0, 0.1) is 0 Å². The van der Waals surface area contributed by atoms with Crippen molar-refractivity contribution < 1.29 is 36.6 Å². The SMILES string of the molecule is COC(=O)N1C[C@H](F)[C@H](NC(=O)c2cc(-c3cc(C(F)(F)F)c4c(N)ncnn34)cnc2OC)C1. The molecule has 1 fully saturated rings. The van der Waals surface area contributed by atoms with Crippen LogP contribution >= 0.6 is 0 Å². The zero-order valence-electron chi connectivity index (χ0n) is 18.3. The number of halogens is 4. The Morgan fingerprint density at radius 1 is 1.20 bits per heavy atom. The number of carbonyl (C=O) groups is 2. The van der Waals surface area contributed by atoms with Crippen molar-refractivity contribution in [2.75, 3.05) is 33.0 Å². The Kier molecular flexibility index (Phi) is 6.08. The summed E-state index contributed by atoms with van der Waals surface area (Å²) in [6.07, 6.45) is -4.88. The van der Waals surface area contributed by atoms with Gasteiger partial charge in [0.25, 0.3) is 5.91 Å². The van der Waals surface area contributed by atoms with Gasteiger partial charge in [-0.15, -0.1) is 0 Å². The molecule has 186 valence electrons. The van der Waals surface area contributed by atoms with Gasteiger partial charge in [0.2, 0.25) is 5.88 Å². The van der Waals surface area contributed by atoms with Crippen LogP contribution in [0.4, 0.5) is 28.2 Å². The molecule has 0 bridgehead atoms. The zero-order chi connectivity index (χ0) is 25.5. The maximum absolute atomic E-state index is 14.4. The number of nitrogens with one attached hydrogen (secondary N) is 1. The van der Waals surface area contributed by atoms with E-state index >= 15 is 0 Å². The van der Waals surface area contributed by atoms with Gasteiger partial charge in [-0.25, -0.2) is 23.7 Å². The van der Waals surface area contributed by atoms with Gasteiger partial charge in [0.05, 0.1) is 38.1 Å².